The molecule has 0 saturated heterocycles. The molecule has 0 spiro atoms. The van der Waals surface area contributed by atoms with Crippen LogP contribution in [0.2, 0.25) is 0 Å². The largest absolute Gasteiger partial charge is 0.326 e. The molecule has 100 valence electrons. The van der Waals surface area contributed by atoms with Gasteiger partial charge in [0.25, 0.3) is 0 Å². The number of nitrogens with two attached hydrogens (primary N) is 1. The highest BCUT2D eigenvalue weighted by Crippen LogP contribution is 2.17. The van der Waals surface area contributed by atoms with Crippen LogP contribution in [0.4, 0.5) is 0 Å². The Bertz CT molecular complexity index is 528. The van der Waals surface area contributed by atoms with Gasteiger partial charge < -0.3 is 5.73 Å². The first kappa shape index (κ1) is 18.1. The van der Waals surface area contributed by atoms with Crippen molar-refractivity contribution < 1.29 is 0 Å². The SMILES string of the molecule is Cl.N#Cc1ccc(CBr)s1.N#Cc1ccc(CN)s1. The second-order valence-corrected chi connectivity index (χ2v) is 5.99. The molecule has 0 aromatic carbocycles. The normalized spacial score (nSPS) is 8.42. The minimum absolute atomic E-state index is 0. The number of thiophene rings is 2. The third-order valence-electron chi connectivity index (χ3n) is 1.88. The monoisotopic (exact) mass is 375 g/mol. The van der Waals surface area contributed by atoms with Gasteiger partial charge in [-0.1, -0.05) is 15.9 Å². The third-order valence-corrected chi connectivity index (χ3v) is 4.85. The Kier molecular flexibility index (Phi) is 9.50. The Morgan fingerprint density at radius 1 is 1.00 bits per heavy atom. The van der Waals surface area contributed by atoms with Gasteiger partial charge in [-0.2, -0.15) is 10.5 Å². The minimum atomic E-state index is 0. The molecule has 0 atom stereocenters. The molecule has 2 aromatic rings. The van der Waals surface area contributed by atoms with E-state index in [-0.39, 0.29) is 12.4 Å². The summed E-state index contributed by atoms with van der Waals surface area (Å²) < 4.78 is 0. The number of hydrogen-bond acceptors (Lipinski definition) is 5. The average Bonchev–Trinajstić information content (AvgIpc) is 3.07. The van der Waals surface area contributed by atoms with Crippen molar-refractivity contribution in [3.05, 3.63) is 43.8 Å². The Morgan fingerprint density at radius 2 is 1.47 bits per heavy atom. The molecule has 0 bridgehead atoms. The third kappa shape index (κ3) is 6.20. The number of alkyl halides is 1. The van der Waals surface area contributed by atoms with Gasteiger partial charge in [0.1, 0.15) is 21.9 Å². The standard InChI is InChI=1S/C6H4BrNS.C6H6N2S.ClH/c2*7-3-5-1-2-6(4-8)9-5;/h1-2H,3H2;1-2H,3,7H2;1H. The molecule has 0 saturated carbocycles. The minimum Gasteiger partial charge on any atom is -0.326 e. The number of rotatable bonds is 2. The zero-order valence-electron chi connectivity index (χ0n) is 9.80. The van der Waals surface area contributed by atoms with E-state index in [1.165, 1.54) is 27.6 Å². The van der Waals surface area contributed by atoms with E-state index in [4.69, 9.17) is 16.3 Å². The predicted molar refractivity (Wildman–Crippen MR) is 85.8 cm³/mol. The van der Waals surface area contributed by atoms with Crippen molar-refractivity contribution >= 4 is 51.0 Å². The maximum absolute atomic E-state index is 8.39. The van der Waals surface area contributed by atoms with E-state index in [0.29, 0.717) is 6.54 Å². The lowest BCUT2D eigenvalue weighted by molar-refractivity contribution is 1.11. The summed E-state index contributed by atoms with van der Waals surface area (Å²) in [5.41, 5.74) is 5.32. The fourth-order valence-electron chi connectivity index (χ4n) is 1.06. The molecule has 0 unspecified atom stereocenters. The lowest BCUT2D eigenvalue weighted by atomic mass is 10.4. The summed E-state index contributed by atoms with van der Waals surface area (Å²) in [5.74, 6) is 0. The van der Waals surface area contributed by atoms with Crippen LogP contribution in [-0.2, 0) is 11.9 Å². The zero-order valence-corrected chi connectivity index (χ0v) is 13.8. The smallest absolute Gasteiger partial charge is 0.110 e. The van der Waals surface area contributed by atoms with E-state index in [2.05, 4.69) is 22.0 Å². The summed E-state index contributed by atoms with van der Waals surface area (Å²) in [5, 5.41) is 17.6. The molecule has 2 aromatic heterocycles. The van der Waals surface area contributed by atoms with Crippen LogP contribution in [0.15, 0.2) is 24.3 Å². The topological polar surface area (TPSA) is 73.6 Å². The summed E-state index contributed by atoms with van der Waals surface area (Å²) >= 11 is 6.27. The van der Waals surface area contributed by atoms with Crippen LogP contribution in [0, 0.1) is 22.7 Å². The van der Waals surface area contributed by atoms with Gasteiger partial charge >= 0.3 is 0 Å². The van der Waals surface area contributed by atoms with Crippen molar-refractivity contribution in [2.45, 2.75) is 11.9 Å². The Hall–Kier alpha value is -0.890. The summed E-state index contributed by atoms with van der Waals surface area (Å²) in [6.07, 6.45) is 0. The van der Waals surface area contributed by atoms with Crippen LogP contribution in [-0.4, -0.2) is 0 Å². The number of nitrogens with zero attached hydrogens (tertiary/aromatic N) is 2. The van der Waals surface area contributed by atoms with Crippen molar-refractivity contribution in [3.8, 4) is 12.1 Å². The average molecular weight is 377 g/mol. The van der Waals surface area contributed by atoms with Crippen molar-refractivity contribution in [2.75, 3.05) is 0 Å². The molecular formula is C12H11BrClN3S2. The molecule has 2 rings (SSSR count). The summed E-state index contributed by atoms with van der Waals surface area (Å²) in [6.45, 7) is 0.534. The molecule has 2 heterocycles. The highest BCUT2D eigenvalue weighted by atomic mass is 79.9. The van der Waals surface area contributed by atoms with Gasteiger partial charge in [-0.3, -0.25) is 0 Å². The van der Waals surface area contributed by atoms with Gasteiger partial charge in [0.2, 0.25) is 0 Å². The zero-order chi connectivity index (χ0) is 13.4. The second-order valence-electron chi connectivity index (χ2n) is 3.09. The van der Waals surface area contributed by atoms with Gasteiger partial charge in [-0.05, 0) is 24.3 Å². The van der Waals surface area contributed by atoms with Crippen LogP contribution in [0.3, 0.4) is 0 Å². The van der Waals surface area contributed by atoms with Gasteiger partial charge in [0.15, 0.2) is 0 Å². The molecule has 19 heavy (non-hydrogen) atoms. The lowest BCUT2D eigenvalue weighted by Gasteiger charge is -1.80. The molecule has 0 aliphatic rings. The molecule has 0 radical (unpaired) electrons. The van der Waals surface area contributed by atoms with Crippen LogP contribution in [0.5, 0.6) is 0 Å². The van der Waals surface area contributed by atoms with Gasteiger partial charge in [-0.25, -0.2) is 0 Å². The van der Waals surface area contributed by atoms with Crippen LogP contribution >= 0.6 is 51.0 Å². The Labute approximate surface area is 134 Å². The van der Waals surface area contributed by atoms with Crippen molar-refractivity contribution in [1.82, 2.24) is 0 Å². The second kappa shape index (κ2) is 9.96. The van der Waals surface area contributed by atoms with Crippen LogP contribution in [0.1, 0.15) is 19.5 Å². The first-order valence-corrected chi connectivity index (χ1v) is 7.72. The molecule has 3 nitrogen and oxygen atoms in total. The summed E-state index contributed by atoms with van der Waals surface area (Å²) in [6, 6.07) is 11.6. The van der Waals surface area contributed by atoms with Crippen molar-refractivity contribution in [1.29, 1.82) is 10.5 Å². The van der Waals surface area contributed by atoms with Crippen molar-refractivity contribution in [2.24, 2.45) is 5.73 Å². The molecule has 7 heteroatoms. The Morgan fingerprint density at radius 3 is 1.74 bits per heavy atom. The first-order valence-electron chi connectivity index (χ1n) is 4.97. The molecule has 0 fully saturated rings. The van der Waals surface area contributed by atoms with Gasteiger partial charge in [0.05, 0.1) is 0 Å². The number of halogens is 2. The van der Waals surface area contributed by atoms with E-state index >= 15 is 0 Å². The predicted octanol–water partition coefficient (Wildman–Crippen LogP) is 4.01. The summed E-state index contributed by atoms with van der Waals surface area (Å²) in [7, 11) is 0. The fourth-order valence-corrected chi connectivity index (χ4v) is 2.93. The lowest BCUT2D eigenvalue weighted by Crippen LogP contribution is -1.90. The number of nitriles is 2. The molecule has 0 amide bonds. The highest BCUT2D eigenvalue weighted by Gasteiger charge is 1.95. The molecule has 0 aliphatic heterocycles. The van der Waals surface area contributed by atoms with E-state index in [0.717, 1.165) is 20.0 Å². The number of hydrogen-bond donors (Lipinski definition) is 1. The van der Waals surface area contributed by atoms with Crippen LogP contribution < -0.4 is 5.73 Å². The van der Waals surface area contributed by atoms with Gasteiger partial charge in [-0.15, -0.1) is 35.1 Å². The Balaban J connectivity index is 0.000000324. The van der Waals surface area contributed by atoms with Crippen LogP contribution in [0.25, 0.3) is 0 Å². The maximum atomic E-state index is 8.39. The molecule has 2 N–H and O–H groups in total. The van der Waals surface area contributed by atoms with E-state index in [1.54, 1.807) is 6.07 Å². The quantitative estimate of drug-likeness (QED) is 0.805. The summed E-state index contributed by atoms with van der Waals surface area (Å²) in [4.78, 5) is 3.78. The first-order chi connectivity index (χ1) is 8.73. The van der Waals surface area contributed by atoms with Crippen molar-refractivity contribution in [3.63, 3.8) is 0 Å². The maximum Gasteiger partial charge on any atom is 0.110 e. The van der Waals surface area contributed by atoms with E-state index < -0.39 is 0 Å². The highest BCUT2D eigenvalue weighted by molar-refractivity contribution is 9.08. The molecular weight excluding hydrogens is 366 g/mol. The molecule has 0 aliphatic carbocycles. The van der Waals surface area contributed by atoms with E-state index in [1.807, 2.05) is 24.3 Å². The van der Waals surface area contributed by atoms with Gasteiger partial charge in [0, 0.05) is 21.6 Å². The van der Waals surface area contributed by atoms with E-state index in [9.17, 15) is 0 Å². The fraction of sp³-hybridized carbons (Fsp3) is 0.167.